The molecule has 0 radical (unpaired) electrons. The molecule has 1 aromatic heterocycles. The number of nitrogens with zero attached hydrogens (tertiary/aromatic N) is 3. The summed E-state index contributed by atoms with van der Waals surface area (Å²) in [5.41, 5.74) is 2.87. The first kappa shape index (κ1) is 25.3. The summed E-state index contributed by atoms with van der Waals surface area (Å²) in [6.07, 6.45) is 1.83. The van der Waals surface area contributed by atoms with Crippen molar-refractivity contribution >= 4 is 29.1 Å². The van der Waals surface area contributed by atoms with E-state index in [9.17, 15) is 4.79 Å². The molecule has 5 rings (SSSR count). The van der Waals surface area contributed by atoms with Gasteiger partial charge in [0.1, 0.15) is 11.4 Å². The normalized spacial score (nSPS) is 15.1. The molecule has 0 N–H and O–H groups in total. The van der Waals surface area contributed by atoms with Crippen LogP contribution in [0.15, 0.2) is 78.9 Å². The Hall–Kier alpha value is -3.32. The van der Waals surface area contributed by atoms with Crippen molar-refractivity contribution in [2.75, 3.05) is 13.2 Å². The second kappa shape index (κ2) is 11.4. The van der Waals surface area contributed by atoms with Crippen LogP contribution >= 0.6 is 23.2 Å². The molecule has 0 aliphatic carbocycles. The van der Waals surface area contributed by atoms with Crippen LogP contribution in [0.4, 0.5) is 0 Å². The molecule has 1 amide bonds. The molecule has 37 heavy (non-hydrogen) atoms. The van der Waals surface area contributed by atoms with Crippen LogP contribution in [0.3, 0.4) is 0 Å². The van der Waals surface area contributed by atoms with E-state index in [1.54, 1.807) is 33.8 Å². The quantitative estimate of drug-likeness (QED) is 0.243. The highest BCUT2D eigenvalue weighted by atomic mass is 35.5. The van der Waals surface area contributed by atoms with E-state index in [0.717, 1.165) is 29.7 Å². The zero-order valence-corrected chi connectivity index (χ0v) is 22.0. The van der Waals surface area contributed by atoms with Gasteiger partial charge in [0.25, 0.3) is 5.91 Å². The fourth-order valence-corrected chi connectivity index (χ4v) is 4.92. The van der Waals surface area contributed by atoms with Crippen molar-refractivity contribution in [3.8, 4) is 22.9 Å². The van der Waals surface area contributed by atoms with Crippen molar-refractivity contribution in [1.29, 1.82) is 0 Å². The molecule has 1 fully saturated rings. The first-order valence-corrected chi connectivity index (χ1v) is 13.0. The first-order chi connectivity index (χ1) is 18.0. The average molecular weight is 536 g/mol. The molecular weight excluding hydrogens is 509 g/mol. The van der Waals surface area contributed by atoms with E-state index >= 15 is 0 Å². The predicted octanol–water partition coefficient (Wildman–Crippen LogP) is 7.01. The minimum absolute atomic E-state index is 0.0452. The van der Waals surface area contributed by atoms with Gasteiger partial charge in [0.2, 0.25) is 5.88 Å². The third-order valence-corrected chi connectivity index (χ3v) is 7.01. The van der Waals surface area contributed by atoms with Crippen molar-refractivity contribution in [2.45, 2.75) is 25.5 Å². The zero-order chi connectivity index (χ0) is 25.8. The third kappa shape index (κ3) is 5.67. The molecule has 4 aromatic rings. The van der Waals surface area contributed by atoms with E-state index in [1.807, 2.05) is 61.6 Å². The van der Waals surface area contributed by atoms with Gasteiger partial charge in [-0.2, -0.15) is 5.10 Å². The number of rotatable bonds is 8. The van der Waals surface area contributed by atoms with Gasteiger partial charge in [0.05, 0.1) is 33.8 Å². The Bertz CT molecular complexity index is 1380. The molecule has 8 heteroatoms. The van der Waals surface area contributed by atoms with Crippen LogP contribution in [0.1, 0.15) is 28.8 Å². The van der Waals surface area contributed by atoms with E-state index in [1.165, 1.54) is 0 Å². The van der Waals surface area contributed by atoms with Crippen LogP contribution in [0, 0.1) is 0 Å². The van der Waals surface area contributed by atoms with E-state index in [0.29, 0.717) is 40.4 Å². The van der Waals surface area contributed by atoms with E-state index in [4.69, 9.17) is 37.8 Å². The van der Waals surface area contributed by atoms with Crippen LogP contribution in [0.5, 0.6) is 11.6 Å². The van der Waals surface area contributed by atoms with Gasteiger partial charge in [-0.05, 0) is 37.1 Å². The molecular formula is C29H27Cl2N3O3. The predicted molar refractivity (Wildman–Crippen MR) is 145 cm³/mol. The maximum atomic E-state index is 13.8. The second-order valence-electron chi connectivity index (χ2n) is 8.95. The Labute approximate surface area is 226 Å². The molecule has 1 saturated heterocycles. The molecule has 1 aliphatic rings. The summed E-state index contributed by atoms with van der Waals surface area (Å²) in [4.78, 5) is 15.6. The Balaban J connectivity index is 1.58. The molecule has 0 saturated carbocycles. The molecule has 1 aliphatic heterocycles. The number of ether oxygens (including phenoxy) is 2. The van der Waals surface area contributed by atoms with Crippen molar-refractivity contribution in [2.24, 2.45) is 7.05 Å². The Morgan fingerprint density at radius 1 is 1.03 bits per heavy atom. The standard InChI is InChI=1S/C29H27Cl2N3O3/c1-33-29(37-26-16-8-7-15-25(26)31)23(27(32-33)20-10-3-2-4-11-20)19-34(18-21-12-9-17-36-21)28(35)22-13-5-6-14-24(22)30/h2-8,10-11,13-16,21H,9,12,17-19H2,1H3/t21-/m1/s1. The number of aryl methyl sites for hydroxylation is 1. The van der Waals surface area contributed by atoms with Crippen LogP contribution in [-0.4, -0.2) is 39.8 Å². The smallest absolute Gasteiger partial charge is 0.255 e. The van der Waals surface area contributed by atoms with E-state index in [-0.39, 0.29) is 18.6 Å². The number of carbonyl (C=O) groups is 1. The Kier molecular flexibility index (Phi) is 7.79. The highest BCUT2D eigenvalue weighted by Crippen LogP contribution is 2.37. The number of benzene rings is 3. The van der Waals surface area contributed by atoms with Crippen molar-refractivity contribution in [3.63, 3.8) is 0 Å². The summed E-state index contributed by atoms with van der Waals surface area (Å²) in [5.74, 6) is 0.847. The van der Waals surface area contributed by atoms with Gasteiger partial charge < -0.3 is 14.4 Å². The Morgan fingerprint density at radius 3 is 2.43 bits per heavy atom. The topological polar surface area (TPSA) is 56.6 Å². The number of aromatic nitrogens is 2. The van der Waals surface area contributed by atoms with Crippen molar-refractivity contribution in [1.82, 2.24) is 14.7 Å². The fourth-order valence-electron chi connectivity index (χ4n) is 4.53. The van der Waals surface area contributed by atoms with Gasteiger partial charge >= 0.3 is 0 Å². The molecule has 6 nitrogen and oxygen atoms in total. The average Bonchev–Trinajstić information content (AvgIpc) is 3.53. The maximum absolute atomic E-state index is 13.8. The summed E-state index contributed by atoms with van der Waals surface area (Å²) in [7, 11) is 1.82. The van der Waals surface area contributed by atoms with Crippen LogP contribution in [-0.2, 0) is 18.3 Å². The molecule has 2 heterocycles. The zero-order valence-electron chi connectivity index (χ0n) is 20.4. The lowest BCUT2D eigenvalue weighted by molar-refractivity contribution is 0.0506. The highest BCUT2D eigenvalue weighted by Gasteiger charge is 2.29. The van der Waals surface area contributed by atoms with Gasteiger partial charge in [-0.1, -0.05) is 77.8 Å². The minimum Gasteiger partial charge on any atom is -0.437 e. The van der Waals surface area contributed by atoms with Crippen LogP contribution < -0.4 is 4.74 Å². The summed E-state index contributed by atoms with van der Waals surface area (Å²) >= 11 is 12.9. The molecule has 0 unspecified atom stereocenters. The van der Waals surface area contributed by atoms with E-state index in [2.05, 4.69) is 0 Å². The fraction of sp³-hybridized carbons (Fsp3) is 0.241. The maximum Gasteiger partial charge on any atom is 0.255 e. The van der Waals surface area contributed by atoms with Gasteiger partial charge in [0.15, 0.2) is 0 Å². The monoisotopic (exact) mass is 535 g/mol. The first-order valence-electron chi connectivity index (χ1n) is 12.2. The number of halogens is 2. The highest BCUT2D eigenvalue weighted by molar-refractivity contribution is 6.33. The third-order valence-electron chi connectivity index (χ3n) is 6.37. The second-order valence-corrected chi connectivity index (χ2v) is 9.77. The largest absolute Gasteiger partial charge is 0.437 e. The van der Waals surface area contributed by atoms with Gasteiger partial charge in [-0.25, -0.2) is 4.68 Å². The lowest BCUT2D eigenvalue weighted by Gasteiger charge is -2.26. The number of para-hydroxylation sites is 1. The van der Waals surface area contributed by atoms with Gasteiger partial charge in [-0.15, -0.1) is 0 Å². The van der Waals surface area contributed by atoms with Crippen molar-refractivity contribution < 1.29 is 14.3 Å². The van der Waals surface area contributed by atoms with Crippen LogP contribution in [0.25, 0.3) is 11.3 Å². The SMILES string of the molecule is Cn1nc(-c2ccccc2)c(CN(C[C@H]2CCCO2)C(=O)c2ccccc2Cl)c1Oc1ccccc1Cl. The molecule has 1 atom stereocenters. The number of amides is 1. The number of hydrogen-bond donors (Lipinski definition) is 0. The summed E-state index contributed by atoms with van der Waals surface area (Å²) in [6.45, 7) is 1.38. The van der Waals surface area contributed by atoms with Crippen LogP contribution in [0.2, 0.25) is 10.0 Å². The van der Waals surface area contributed by atoms with E-state index < -0.39 is 0 Å². The number of carbonyl (C=O) groups excluding carboxylic acids is 1. The lowest BCUT2D eigenvalue weighted by Crippen LogP contribution is -2.37. The summed E-state index contributed by atoms with van der Waals surface area (Å²) in [5, 5.41) is 5.69. The lowest BCUT2D eigenvalue weighted by atomic mass is 10.1. The van der Waals surface area contributed by atoms with Gasteiger partial charge in [0, 0.05) is 25.8 Å². The molecule has 190 valence electrons. The summed E-state index contributed by atoms with van der Waals surface area (Å²) < 4.78 is 13.9. The molecule has 3 aromatic carbocycles. The molecule has 0 bridgehead atoms. The Morgan fingerprint density at radius 2 is 1.73 bits per heavy atom. The molecule has 0 spiro atoms. The van der Waals surface area contributed by atoms with Crippen molar-refractivity contribution in [3.05, 3.63) is 100 Å². The summed E-state index contributed by atoms with van der Waals surface area (Å²) in [6, 6.07) is 24.2. The number of hydrogen-bond acceptors (Lipinski definition) is 4. The minimum atomic E-state index is -0.173. The van der Waals surface area contributed by atoms with Gasteiger partial charge in [-0.3, -0.25) is 4.79 Å².